The number of azide groups is 1. The fraction of sp³-hybridized carbons (Fsp3) is 0.600. The van der Waals surface area contributed by atoms with E-state index in [9.17, 15) is 14.0 Å². The van der Waals surface area contributed by atoms with E-state index in [1.54, 1.807) is 0 Å². The molecule has 1 aliphatic heterocycles. The number of aryl methyl sites for hydroxylation is 1. The van der Waals surface area contributed by atoms with Crippen LogP contribution < -0.4 is 11.2 Å². The zero-order valence-electron chi connectivity index (χ0n) is 10.4. The van der Waals surface area contributed by atoms with Crippen molar-refractivity contribution >= 4 is 0 Å². The number of nitrogens with one attached hydrogen (secondary N) is 1. The molecule has 9 nitrogen and oxygen atoms in total. The van der Waals surface area contributed by atoms with Gasteiger partial charge in [0.25, 0.3) is 5.56 Å². The first-order valence-corrected chi connectivity index (χ1v) is 5.76. The van der Waals surface area contributed by atoms with Crippen molar-refractivity contribution in [3.8, 4) is 0 Å². The average molecular weight is 285 g/mol. The maximum Gasteiger partial charge on any atom is 0.330 e. The van der Waals surface area contributed by atoms with Gasteiger partial charge in [0, 0.05) is 16.7 Å². The Bertz CT molecular complexity index is 664. The number of H-pyrrole nitrogens is 1. The molecule has 1 aromatic rings. The number of halogens is 1. The second-order valence-corrected chi connectivity index (χ2v) is 4.37. The smallest absolute Gasteiger partial charge is 0.330 e. The van der Waals surface area contributed by atoms with Gasteiger partial charge in [0.1, 0.15) is 24.5 Å². The molecule has 10 heteroatoms. The van der Waals surface area contributed by atoms with Crippen molar-refractivity contribution < 1.29 is 14.2 Å². The normalized spacial score (nSPS) is 29.1. The van der Waals surface area contributed by atoms with Gasteiger partial charge in [0.05, 0.1) is 6.61 Å². The van der Waals surface area contributed by atoms with Crippen LogP contribution in [0.25, 0.3) is 10.4 Å². The fourth-order valence-corrected chi connectivity index (χ4v) is 2.04. The average Bonchev–Trinajstić information content (AvgIpc) is 2.72. The zero-order chi connectivity index (χ0) is 14.9. The molecule has 2 rings (SSSR count). The summed E-state index contributed by atoms with van der Waals surface area (Å²) in [7, 11) is 0. The van der Waals surface area contributed by atoms with Gasteiger partial charge in [-0.25, -0.2) is 9.18 Å². The standard InChI is InChI=1S/C10H12FN5O4/c1-4-2-16(10(19)13-8(4)18)9-7(14-15-12)6(11)5(3-17)20-9/h2,5-7,9,17H,3H2,1H3,(H,13,18,19)/t5-,6-,7?,9+/m1/s1. The van der Waals surface area contributed by atoms with Crippen LogP contribution in [0.3, 0.4) is 0 Å². The van der Waals surface area contributed by atoms with Crippen LogP contribution in [-0.2, 0) is 4.74 Å². The molecule has 1 aliphatic rings. The lowest BCUT2D eigenvalue weighted by molar-refractivity contribution is -0.0372. The van der Waals surface area contributed by atoms with Crippen LogP contribution in [0.15, 0.2) is 20.9 Å². The third kappa shape index (κ3) is 2.31. The topological polar surface area (TPSA) is 133 Å². The maximum absolute atomic E-state index is 13.9. The van der Waals surface area contributed by atoms with E-state index < -0.39 is 42.4 Å². The summed E-state index contributed by atoms with van der Waals surface area (Å²) in [6, 6.07) is -1.31. The first kappa shape index (κ1) is 14.3. The van der Waals surface area contributed by atoms with Gasteiger partial charge in [-0.05, 0) is 12.5 Å². The molecule has 0 bridgehead atoms. The molecule has 0 amide bonds. The van der Waals surface area contributed by atoms with Crippen molar-refractivity contribution in [1.29, 1.82) is 0 Å². The molecule has 0 radical (unpaired) electrons. The van der Waals surface area contributed by atoms with E-state index in [1.165, 1.54) is 13.1 Å². The number of hydrogen-bond acceptors (Lipinski definition) is 5. The van der Waals surface area contributed by atoms with E-state index >= 15 is 0 Å². The molecule has 2 heterocycles. The summed E-state index contributed by atoms with van der Waals surface area (Å²) in [5.74, 6) is 0. The van der Waals surface area contributed by atoms with Crippen LogP contribution >= 0.6 is 0 Å². The molecule has 20 heavy (non-hydrogen) atoms. The molecule has 1 unspecified atom stereocenters. The first-order valence-electron chi connectivity index (χ1n) is 5.76. The largest absolute Gasteiger partial charge is 0.394 e. The minimum atomic E-state index is -1.75. The third-order valence-electron chi connectivity index (χ3n) is 3.07. The number of nitrogens with zero attached hydrogens (tertiary/aromatic N) is 4. The van der Waals surface area contributed by atoms with Gasteiger partial charge >= 0.3 is 5.69 Å². The van der Waals surface area contributed by atoms with Gasteiger partial charge < -0.3 is 9.84 Å². The quantitative estimate of drug-likeness (QED) is 0.450. The Morgan fingerprint density at radius 2 is 2.35 bits per heavy atom. The van der Waals surface area contributed by atoms with Crippen LogP contribution in [0.1, 0.15) is 11.8 Å². The fourth-order valence-electron chi connectivity index (χ4n) is 2.04. The van der Waals surface area contributed by atoms with E-state index in [2.05, 4.69) is 10.0 Å². The summed E-state index contributed by atoms with van der Waals surface area (Å²) in [5, 5.41) is 12.3. The summed E-state index contributed by atoms with van der Waals surface area (Å²) < 4.78 is 20.1. The summed E-state index contributed by atoms with van der Waals surface area (Å²) in [5.41, 5.74) is 7.30. The number of rotatable bonds is 3. The summed E-state index contributed by atoms with van der Waals surface area (Å²) in [6.07, 6.45) is -2.98. The van der Waals surface area contributed by atoms with Crippen LogP contribution in [0, 0.1) is 6.92 Å². The van der Waals surface area contributed by atoms with E-state index in [-0.39, 0.29) is 5.56 Å². The Hall–Kier alpha value is -2.16. The highest BCUT2D eigenvalue weighted by molar-refractivity contribution is 5.04. The minimum absolute atomic E-state index is 0.218. The Balaban J connectivity index is 2.50. The van der Waals surface area contributed by atoms with E-state index in [1.807, 2.05) is 4.98 Å². The summed E-state index contributed by atoms with van der Waals surface area (Å²) in [4.78, 5) is 27.6. The highest BCUT2D eigenvalue weighted by Crippen LogP contribution is 2.32. The molecular formula is C10H12FN5O4. The van der Waals surface area contributed by atoms with Gasteiger partial charge in [-0.1, -0.05) is 5.11 Å². The Kier molecular flexibility index (Phi) is 3.89. The van der Waals surface area contributed by atoms with Crippen LogP contribution in [0.5, 0.6) is 0 Å². The SMILES string of the molecule is Cc1cn([C@H]2O[C@H](CO)[C@@H](F)C2N=[N+]=[N-])c(=O)[nH]c1=O. The van der Waals surface area contributed by atoms with E-state index in [0.29, 0.717) is 0 Å². The van der Waals surface area contributed by atoms with Gasteiger partial charge in [0.15, 0.2) is 0 Å². The van der Waals surface area contributed by atoms with Crippen LogP contribution in [0.4, 0.5) is 4.39 Å². The molecule has 2 N–H and O–H groups in total. The number of ether oxygens (including phenoxy) is 1. The lowest BCUT2D eigenvalue weighted by atomic mass is 10.1. The monoisotopic (exact) mass is 285 g/mol. The number of alkyl halides is 1. The molecule has 108 valence electrons. The summed E-state index contributed by atoms with van der Waals surface area (Å²) in [6.45, 7) is 0.842. The molecule has 0 spiro atoms. The predicted molar refractivity (Wildman–Crippen MR) is 64.9 cm³/mol. The maximum atomic E-state index is 13.9. The van der Waals surface area contributed by atoms with Gasteiger partial charge in [0.2, 0.25) is 0 Å². The van der Waals surface area contributed by atoms with Crippen molar-refractivity contribution in [1.82, 2.24) is 9.55 Å². The summed E-state index contributed by atoms with van der Waals surface area (Å²) >= 11 is 0. The number of aromatic amines is 1. The van der Waals surface area contributed by atoms with Crippen molar-refractivity contribution in [2.75, 3.05) is 6.61 Å². The van der Waals surface area contributed by atoms with Crippen LogP contribution in [-0.4, -0.2) is 39.6 Å². The molecular weight excluding hydrogens is 273 g/mol. The van der Waals surface area contributed by atoms with Crippen molar-refractivity contribution in [2.24, 2.45) is 5.11 Å². The molecule has 0 saturated carbocycles. The Morgan fingerprint density at radius 3 is 2.95 bits per heavy atom. The highest BCUT2D eigenvalue weighted by atomic mass is 19.1. The third-order valence-corrected chi connectivity index (χ3v) is 3.07. The highest BCUT2D eigenvalue weighted by Gasteiger charge is 2.45. The Morgan fingerprint density at radius 1 is 1.65 bits per heavy atom. The predicted octanol–water partition coefficient (Wildman–Crippen LogP) is -0.248. The molecule has 1 saturated heterocycles. The molecule has 0 aromatic carbocycles. The number of aromatic nitrogens is 2. The zero-order valence-corrected chi connectivity index (χ0v) is 10.4. The molecule has 1 fully saturated rings. The lowest BCUT2D eigenvalue weighted by Crippen LogP contribution is -2.37. The second-order valence-electron chi connectivity index (χ2n) is 4.37. The number of aliphatic hydroxyl groups is 1. The van der Waals surface area contributed by atoms with E-state index in [4.69, 9.17) is 15.4 Å². The second kappa shape index (κ2) is 5.45. The molecule has 4 atom stereocenters. The molecule has 1 aromatic heterocycles. The lowest BCUT2D eigenvalue weighted by Gasteiger charge is -2.17. The van der Waals surface area contributed by atoms with Gasteiger partial charge in [-0.15, -0.1) is 0 Å². The van der Waals surface area contributed by atoms with Crippen molar-refractivity contribution in [3.05, 3.63) is 43.0 Å². The number of aliphatic hydroxyl groups excluding tert-OH is 1. The number of hydrogen-bond donors (Lipinski definition) is 2. The van der Waals surface area contributed by atoms with Gasteiger partial charge in [-0.2, -0.15) is 0 Å². The van der Waals surface area contributed by atoms with E-state index in [0.717, 1.165) is 4.57 Å². The Labute approximate surface area is 111 Å². The molecule has 0 aliphatic carbocycles. The minimum Gasteiger partial charge on any atom is -0.394 e. The van der Waals surface area contributed by atoms with Crippen molar-refractivity contribution in [3.63, 3.8) is 0 Å². The first-order chi connectivity index (χ1) is 9.49. The van der Waals surface area contributed by atoms with Gasteiger partial charge in [-0.3, -0.25) is 14.3 Å². The van der Waals surface area contributed by atoms with Crippen LogP contribution in [0.2, 0.25) is 0 Å². The van der Waals surface area contributed by atoms with Crippen molar-refractivity contribution in [2.45, 2.75) is 31.5 Å².